The van der Waals surface area contributed by atoms with E-state index in [-0.39, 0.29) is 16.3 Å². The number of anilines is 1. The first-order valence-corrected chi connectivity index (χ1v) is 6.54. The van der Waals surface area contributed by atoms with E-state index >= 15 is 0 Å². The molecule has 0 unspecified atom stereocenters. The summed E-state index contributed by atoms with van der Waals surface area (Å²) < 4.78 is 33.9. The summed E-state index contributed by atoms with van der Waals surface area (Å²) in [6.07, 6.45) is 0.885. The minimum absolute atomic E-state index is 0.216. The number of para-hydroxylation sites is 1. The van der Waals surface area contributed by atoms with Crippen LogP contribution in [0.1, 0.15) is 0 Å². The first kappa shape index (κ1) is 17.0. The molecule has 1 rings (SSSR count). The fourth-order valence-electron chi connectivity index (χ4n) is 1.35. The van der Waals surface area contributed by atoms with Crippen molar-refractivity contribution in [2.75, 3.05) is 19.5 Å². The fourth-order valence-corrected chi connectivity index (χ4v) is 1.94. The number of nitrogens with one attached hydrogen (secondary N) is 1. The van der Waals surface area contributed by atoms with Crippen LogP contribution in [0.15, 0.2) is 40.9 Å². The van der Waals surface area contributed by atoms with E-state index < -0.39 is 17.7 Å². The van der Waals surface area contributed by atoms with E-state index in [1.54, 1.807) is 12.1 Å². The average Bonchev–Trinajstić information content (AvgIpc) is 2.46. The molecule has 0 aliphatic heterocycles. The molecule has 5 nitrogen and oxygen atoms in total. The Morgan fingerprint density at radius 1 is 1.24 bits per heavy atom. The zero-order valence-corrected chi connectivity index (χ0v) is 12.1. The van der Waals surface area contributed by atoms with Gasteiger partial charge in [0.2, 0.25) is 0 Å². The van der Waals surface area contributed by atoms with Crippen molar-refractivity contribution in [3.8, 4) is 0 Å². The molecule has 0 saturated carbocycles. The Kier molecular flexibility index (Phi) is 6.67. The van der Waals surface area contributed by atoms with Gasteiger partial charge in [-0.15, -0.1) is 0 Å². The van der Waals surface area contributed by atoms with E-state index in [2.05, 4.69) is 14.8 Å². The number of thioether (sulfide) groups is 1. The lowest BCUT2D eigenvalue weighted by Gasteiger charge is -2.12. The van der Waals surface area contributed by atoms with E-state index in [4.69, 9.17) is 0 Å². The third-order valence-corrected chi connectivity index (χ3v) is 3.03. The van der Waals surface area contributed by atoms with Gasteiger partial charge in [0.15, 0.2) is 0 Å². The van der Waals surface area contributed by atoms with Gasteiger partial charge in [-0.3, -0.25) is 0 Å². The SMILES string of the molecule is COC(=O)/C=C(/Nc1ccccc1SC(F)F)C(=O)OC. The third kappa shape index (κ3) is 5.42. The highest BCUT2D eigenvalue weighted by Crippen LogP contribution is 2.32. The predicted molar refractivity (Wildman–Crippen MR) is 74.0 cm³/mol. The number of carbonyl (C=O) groups excluding carboxylic acids is 2. The van der Waals surface area contributed by atoms with Gasteiger partial charge in [-0.1, -0.05) is 23.9 Å². The Morgan fingerprint density at radius 2 is 1.90 bits per heavy atom. The van der Waals surface area contributed by atoms with Gasteiger partial charge in [0, 0.05) is 4.90 Å². The number of methoxy groups -OCH3 is 2. The standard InChI is InChI=1S/C13H13F2NO4S/c1-19-11(17)7-9(12(18)20-2)16-8-5-3-4-6-10(8)21-13(14)15/h3-7,13,16H,1-2H3/b9-7+. The van der Waals surface area contributed by atoms with Crippen LogP contribution in [0.3, 0.4) is 0 Å². The molecule has 1 N–H and O–H groups in total. The van der Waals surface area contributed by atoms with Crippen molar-refractivity contribution in [1.29, 1.82) is 0 Å². The number of carbonyl (C=O) groups is 2. The molecule has 0 heterocycles. The van der Waals surface area contributed by atoms with Crippen LogP contribution in [0.4, 0.5) is 14.5 Å². The zero-order valence-electron chi connectivity index (χ0n) is 11.3. The summed E-state index contributed by atoms with van der Waals surface area (Å²) >= 11 is 0.320. The van der Waals surface area contributed by atoms with Gasteiger partial charge < -0.3 is 14.8 Å². The number of hydrogen-bond donors (Lipinski definition) is 1. The summed E-state index contributed by atoms with van der Waals surface area (Å²) in [5, 5.41) is 2.60. The minimum Gasteiger partial charge on any atom is -0.466 e. The molecule has 114 valence electrons. The average molecular weight is 317 g/mol. The second kappa shape index (κ2) is 8.25. The van der Waals surface area contributed by atoms with Crippen molar-refractivity contribution in [3.05, 3.63) is 36.0 Å². The molecule has 8 heteroatoms. The Balaban J connectivity index is 3.06. The van der Waals surface area contributed by atoms with E-state index in [1.807, 2.05) is 0 Å². The van der Waals surface area contributed by atoms with Crippen LogP contribution in [0.5, 0.6) is 0 Å². The van der Waals surface area contributed by atoms with Gasteiger partial charge in [0.1, 0.15) is 5.70 Å². The zero-order chi connectivity index (χ0) is 15.8. The van der Waals surface area contributed by atoms with Crippen LogP contribution in [0.2, 0.25) is 0 Å². The van der Waals surface area contributed by atoms with Crippen molar-refractivity contribution in [3.63, 3.8) is 0 Å². The topological polar surface area (TPSA) is 64.6 Å². The number of ether oxygens (including phenoxy) is 2. The maximum Gasteiger partial charge on any atom is 0.354 e. The van der Waals surface area contributed by atoms with Crippen LogP contribution in [0.25, 0.3) is 0 Å². The van der Waals surface area contributed by atoms with E-state index in [9.17, 15) is 18.4 Å². The molecule has 0 fully saturated rings. The highest BCUT2D eigenvalue weighted by molar-refractivity contribution is 7.99. The largest absolute Gasteiger partial charge is 0.466 e. The molecule has 21 heavy (non-hydrogen) atoms. The molecule has 0 aromatic heterocycles. The van der Waals surface area contributed by atoms with Crippen LogP contribution in [-0.4, -0.2) is 31.9 Å². The van der Waals surface area contributed by atoms with Gasteiger partial charge in [-0.05, 0) is 12.1 Å². The molecule has 0 atom stereocenters. The number of hydrogen-bond acceptors (Lipinski definition) is 6. The number of benzene rings is 1. The van der Waals surface area contributed by atoms with Crippen LogP contribution < -0.4 is 5.32 Å². The van der Waals surface area contributed by atoms with Crippen molar-refractivity contribution in [2.24, 2.45) is 0 Å². The summed E-state index contributed by atoms with van der Waals surface area (Å²) in [5.41, 5.74) is 0.0371. The van der Waals surface area contributed by atoms with Gasteiger partial charge in [-0.25, -0.2) is 9.59 Å². The summed E-state index contributed by atoms with van der Waals surface area (Å²) in [7, 11) is 2.28. The minimum atomic E-state index is -2.61. The molecule has 0 radical (unpaired) electrons. The molecule has 0 aliphatic rings. The van der Waals surface area contributed by atoms with E-state index in [0.717, 1.165) is 20.3 Å². The smallest absolute Gasteiger partial charge is 0.354 e. The summed E-state index contributed by atoms with van der Waals surface area (Å²) in [5.74, 6) is -4.21. The first-order chi connectivity index (χ1) is 9.97. The molecule has 1 aromatic carbocycles. The van der Waals surface area contributed by atoms with E-state index in [1.165, 1.54) is 12.1 Å². The van der Waals surface area contributed by atoms with Gasteiger partial charge in [0.05, 0.1) is 26.0 Å². The summed E-state index contributed by atoms with van der Waals surface area (Å²) in [6, 6.07) is 6.15. The third-order valence-electron chi connectivity index (χ3n) is 2.24. The number of halogens is 2. The normalized spacial score (nSPS) is 11.2. The number of esters is 2. The molecule has 0 amide bonds. The lowest BCUT2D eigenvalue weighted by atomic mass is 10.3. The first-order valence-electron chi connectivity index (χ1n) is 5.66. The molecular formula is C13H13F2NO4S. The molecule has 0 bridgehead atoms. The van der Waals surface area contributed by atoms with Gasteiger partial charge in [-0.2, -0.15) is 8.78 Å². The molecule has 1 aromatic rings. The lowest BCUT2D eigenvalue weighted by molar-refractivity contribution is -0.138. The van der Waals surface area contributed by atoms with Crippen molar-refractivity contribution in [2.45, 2.75) is 10.7 Å². The molecular weight excluding hydrogens is 304 g/mol. The second-order valence-electron chi connectivity index (χ2n) is 3.57. The highest BCUT2D eigenvalue weighted by Gasteiger charge is 2.16. The Hall–Kier alpha value is -2.09. The highest BCUT2D eigenvalue weighted by atomic mass is 32.2. The quantitative estimate of drug-likeness (QED) is 0.494. The monoisotopic (exact) mass is 317 g/mol. The Labute approximate surface area is 124 Å². The number of rotatable bonds is 6. The van der Waals surface area contributed by atoms with Crippen LogP contribution in [0, 0.1) is 0 Å². The summed E-state index contributed by atoms with van der Waals surface area (Å²) in [6.45, 7) is 0. The number of alkyl halides is 2. The van der Waals surface area contributed by atoms with Crippen LogP contribution >= 0.6 is 11.8 Å². The Bertz CT molecular complexity index is 549. The fraction of sp³-hybridized carbons (Fsp3) is 0.231. The predicted octanol–water partition coefficient (Wildman–Crippen LogP) is 2.64. The van der Waals surface area contributed by atoms with Crippen molar-refractivity contribution in [1.82, 2.24) is 0 Å². The van der Waals surface area contributed by atoms with Crippen LogP contribution in [-0.2, 0) is 19.1 Å². The Morgan fingerprint density at radius 3 is 2.48 bits per heavy atom. The maximum absolute atomic E-state index is 12.5. The summed E-state index contributed by atoms with van der Waals surface area (Å²) in [4.78, 5) is 23.0. The lowest BCUT2D eigenvalue weighted by Crippen LogP contribution is -2.15. The second-order valence-corrected chi connectivity index (χ2v) is 4.60. The van der Waals surface area contributed by atoms with E-state index in [0.29, 0.717) is 11.8 Å². The van der Waals surface area contributed by atoms with Gasteiger partial charge >= 0.3 is 11.9 Å². The van der Waals surface area contributed by atoms with Gasteiger partial charge in [0.25, 0.3) is 5.76 Å². The molecule has 0 saturated heterocycles. The molecule has 0 aliphatic carbocycles. The molecule has 0 spiro atoms. The maximum atomic E-state index is 12.5. The van der Waals surface area contributed by atoms with Crippen molar-refractivity contribution < 1.29 is 27.8 Å². The van der Waals surface area contributed by atoms with Crippen molar-refractivity contribution >= 4 is 29.4 Å².